The van der Waals surface area contributed by atoms with Crippen LogP contribution in [0.5, 0.6) is 0 Å². The molecular formula is C17H24N2. The van der Waals surface area contributed by atoms with Crippen LogP contribution in [0.15, 0.2) is 24.5 Å². The third-order valence-corrected chi connectivity index (χ3v) is 6.40. The van der Waals surface area contributed by atoms with Gasteiger partial charge in [0.2, 0.25) is 0 Å². The Morgan fingerprint density at radius 3 is 2.37 bits per heavy atom. The van der Waals surface area contributed by atoms with E-state index in [0.29, 0.717) is 0 Å². The predicted octanol–water partition coefficient (Wildman–Crippen LogP) is 3.48. The zero-order chi connectivity index (χ0) is 12.9. The number of hydrogen-bond acceptors (Lipinski definition) is 2. The van der Waals surface area contributed by atoms with E-state index in [0.717, 1.165) is 23.3 Å². The summed E-state index contributed by atoms with van der Waals surface area (Å²) in [6.45, 7) is 2.35. The molecule has 2 nitrogen and oxygen atoms in total. The van der Waals surface area contributed by atoms with E-state index in [1.807, 2.05) is 18.5 Å². The Hall–Kier alpha value is -0.890. The first-order chi connectivity index (χ1) is 9.27. The van der Waals surface area contributed by atoms with Crippen molar-refractivity contribution in [3.63, 3.8) is 0 Å². The number of nitrogens with zero attached hydrogens (tertiary/aromatic N) is 2. The highest BCUT2D eigenvalue weighted by atomic mass is 15.1. The zero-order valence-electron chi connectivity index (χ0n) is 11.9. The van der Waals surface area contributed by atoms with Gasteiger partial charge in [0.25, 0.3) is 0 Å². The predicted molar refractivity (Wildman–Crippen MR) is 76.6 cm³/mol. The van der Waals surface area contributed by atoms with Crippen LogP contribution >= 0.6 is 0 Å². The molecule has 0 saturated heterocycles. The van der Waals surface area contributed by atoms with Crippen LogP contribution in [0.25, 0.3) is 0 Å². The summed E-state index contributed by atoms with van der Waals surface area (Å²) in [5.74, 6) is 1.00. The van der Waals surface area contributed by atoms with Crippen molar-refractivity contribution in [1.29, 1.82) is 0 Å². The van der Waals surface area contributed by atoms with Crippen LogP contribution in [0.3, 0.4) is 0 Å². The molecule has 1 aromatic rings. The molecule has 0 N–H and O–H groups in total. The Labute approximate surface area is 116 Å². The van der Waals surface area contributed by atoms with Crippen LogP contribution < -0.4 is 0 Å². The maximum Gasteiger partial charge on any atom is 0.0312 e. The van der Waals surface area contributed by atoms with Gasteiger partial charge in [0.15, 0.2) is 0 Å². The molecular weight excluding hydrogens is 232 g/mol. The molecule has 0 atom stereocenters. The van der Waals surface area contributed by atoms with Crippen LogP contribution in [0, 0.1) is 16.7 Å². The van der Waals surface area contributed by atoms with Crippen molar-refractivity contribution in [1.82, 2.24) is 9.88 Å². The highest BCUT2D eigenvalue weighted by molar-refractivity contribution is 5.27. The smallest absolute Gasteiger partial charge is 0.0312 e. The molecule has 0 bridgehead atoms. The molecule has 19 heavy (non-hydrogen) atoms. The fraction of sp³-hybridized carbons (Fsp3) is 0.706. The lowest BCUT2D eigenvalue weighted by molar-refractivity contribution is 0.129. The Morgan fingerprint density at radius 1 is 1.21 bits per heavy atom. The minimum absolute atomic E-state index is 0.800. The lowest BCUT2D eigenvalue weighted by Gasteiger charge is -2.38. The van der Waals surface area contributed by atoms with Gasteiger partial charge in [0.05, 0.1) is 0 Å². The number of hydrogen-bond donors (Lipinski definition) is 0. The van der Waals surface area contributed by atoms with Gasteiger partial charge in [0, 0.05) is 25.5 Å². The van der Waals surface area contributed by atoms with E-state index >= 15 is 0 Å². The van der Waals surface area contributed by atoms with Crippen molar-refractivity contribution in [2.45, 2.75) is 45.1 Å². The second kappa shape index (κ2) is 4.05. The van der Waals surface area contributed by atoms with Crippen molar-refractivity contribution in [3.05, 3.63) is 30.1 Å². The van der Waals surface area contributed by atoms with Crippen LogP contribution in [-0.2, 0) is 6.54 Å². The molecule has 0 amide bonds. The maximum atomic E-state index is 4.22. The minimum Gasteiger partial charge on any atom is -0.302 e. The fourth-order valence-corrected chi connectivity index (χ4v) is 5.18. The van der Waals surface area contributed by atoms with Crippen molar-refractivity contribution in [2.75, 3.05) is 13.6 Å². The second-order valence-electron chi connectivity index (χ2n) is 7.13. The van der Waals surface area contributed by atoms with Gasteiger partial charge in [-0.3, -0.25) is 4.98 Å². The average molecular weight is 256 g/mol. The SMILES string of the molecule is CN(Cc1cccnc1)CC1C2(CCC2)C12CCC2. The van der Waals surface area contributed by atoms with Crippen LogP contribution in [0.2, 0.25) is 0 Å². The van der Waals surface area contributed by atoms with E-state index in [4.69, 9.17) is 0 Å². The van der Waals surface area contributed by atoms with Gasteiger partial charge in [-0.05, 0) is 61.1 Å². The molecule has 3 aliphatic rings. The number of rotatable bonds is 4. The topological polar surface area (TPSA) is 16.1 Å². The molecule has 0 unspecified atom stereocenters. The molecule has 102 valence electrons. The van der Waals surface area contributed by atoms with Gasteiger partial charge in [0.1, 0.15) is 0 Å². The summed E-state index contributed by atoms with van der Waals surface area (Å²) >= 11 is 0. The first-order valence-corrected chi connectivity index (χ1v) is 7.84. The molecule has 3 saturated carbocycles. The molecule has 1 aromatic heterocycles. The highest BCUT2D eigenvalue weighted by Gasteiger charge is 2.78. The Balaban J connectivity index is 1.40. The van der Waals surface area contributed by atoms with Gasteiger partial charge in [-0.2, -0.15) is 0 Å². The lowest BCUT2D eigenvalue weighted by atomic mass is 9.67. The molecule has 0 aromatic carbocycles. The molecule has 2 heteroatoms. The Kier molecular flexibility index (Phi) is 2.54. The summed E-state index contributed by atoms with van der Waals surface area (Å²) < 4.78 is 0. The van der Waals surface area contributed by atoms with E-state index in [1.54, 1.807) is 0 Å². The van der Waals surface area contributed by atoms with Gasteiger partial charge in [-0.25, -0.2) is 0 Å². The quantitative estimate of drug-likeness (QED) is 0.820. The van der Waals surface area contributed by atoms with Gasteiger partial charge < -0.3 is 4.90 Å². The summed E-state index contributed by atoms with van der Waals surface area (Å²) in [6.07, 6.45) is 12.9. The first-order valence-electron chi connectivity index (χ1n) is 7.84. The summed E-state index contributed by atoms with van der Waals surface area (Å²) in [5, 5.41) is 0. The van der Waals surface area contributed by atoms with Gasteiger partial charge in [-0.1, -0.05) is 18.9 Å². The molecule has 1 heterocycles. The number of aromatic nitrogens is 1. The number of fused-ring (bicyclic) bond motifs is 1. The largest absolute Gasteiger partial charge is 0.302 e. The lowest BCUT2D eigenvalue weighted by Crippen LogP contribution is -2.26. The second-order valence-corrected chi connectivity index (χ2v) is 7.13. The molecule has 2 spiro atoms. The summed E-state index contributed by atoms with van der Waals surface area (Å²) in [6, 6.07) is 4.23. The first kappa shape index (κ1) is 11.9. The normalized spacial score (nSPS) is 26.4. The Bertz CT molecular complexity index is 439. The van der Waals surface area contributed by atoms with Crippen LogP contribution in [0.4, 0.5) is 0 Å². The monoisotopic (exact) mass is 256 g/mol. The van der Waals surface area contributed by atoms with Gasteiger partial charge in [-0.15, -0.1) is 0 Å². The van der Waals surface area contributed by atoms with Crippen molar-refractivity contribution >= 4 is 0 Å². The molecule has 4 rings (SSSR count). The standard InChI is InChI=1S/C17H24N2/c1-19(12-14-5-2-10-18-11-14)13-15-16(6-3-7-16)17(15)8-4-9-17/h2,5,10-11,15H,3-4,6-9,12-13H2,1H3. The average Bonchev–Trinajstić information content (AvgIpc) is 2.93. The van der Waals surface area contributed by atoms with Crippen molar-refractivity contribution in [3.8, 4) is 0 Å². The van der Waals surface area contributed by atoms with E-state index in [2.05, 4.69) is 23.0 Å². The molecule has 0 aliphatic heterocycles. The fourth-order valence-electron chi connectivity index (χ4n) is 5.18. The summed E-state index contributed by atoms with van der Waals surface area (Å²) in [7, 11) is 2.28. The third kappa shape index (κ3) is 1.56. The van der Waals surface area contributed by atoms with Crippen molar-refractivity contribution in [2.24, 2.45) is 16.7 Å². The molecule has 0 radical (unpaired) electrons. The zero-order valence-corrected chi connectivity index (χ0v) is 11.9. The maximum absolute atomic E-state index is 4.22. The van der Waals surface area contributed by atoms with E-state index < -0.39 is 0 Å². The molecule has 3 aliphatic carbocycles. The summed E-state index contributed by atoms with van der Waals surface area (Å²) in [5.41, 5.74) is 2.94. The minimum atomic E-state index is 0.800. The van der Waals surface area contributed by atoms with Crippen LogP contribution in [-0.4, -0.2) is 23.5 Å². The molecule has 3 fully saturated rings. The van der Waals surface area contributed by atoms with Crippen LogP contribution in [0.1, 0.15) is 44.1 Å². The highest BCUT2D eigenvalue weighted by Crippen LogP contribution is 2.84. The Morgan fingerprint density at radius 2 is 1.89 bits per heavy atom. The van der Waals surface area contributed by atoms with Crippen molar-refractivity contribution < 1.29 is 0 Å². The van der Waals surface area contributed by atoms with E-state index in [-0.39, 0.29) is 0 Å². The van der Waals surface area contributed by atoms with E-state index in [1.165, 1.54) is 50.6 Å². The number of pyridine rings is 1. The van der Waals surface area contributed by atoms with Gasteiger partial charge >= 0.3 is 0 Å². The summed E-state index contributed by atoms with van der Waals surface area (Å²) in [4.78, 5) is 6.74. The third-order valence-electron chi connectivity index (χ3n) is 6.40. The van der Waals surface area contributed by atoms with E-state index in [9.17, 15) is 0 Å².